The Hall–Kier alpha value is -2.12. The first-order valence-corrected chi connectivity index (χ1v) is 8.91. The molecule has 0 fully saturated rings. The molecule has 7 heteroatoms. The van der Waals surface area contributed by atoms with Gasteiger partial charge in [-0.1, -0.05) is 23.9 Å². The highest BCUT2D eigenvalue weighted by molar-refractivity contribution is 7.98. The predicted molar refractivity (Wildman–Crippen MR) is 92.6 cm³/mol. The molecule has 0 radical (unpaired) electrons. The van der Waals surface area contributed by atoms with Gasteiger partial charge < -0.3 is 5.32 Å². The largest absolute Gasteiger partial charge is 0.347 e. The van der Waals surface area contributed by atoms with E-state index >= 15 is 0 Å². The van der Waals surface area contributed by atoms with Crippen LogP contribution in [0.5, 0.6) is 0 Å². The van der Waals surface area contributed by atoms with Gasteiger partial charge in [0.2, 0.25) is 0 Å². The average Bonchev–Trinajstić information content (AvgIpc) is 3.22. The van der Waals surface area contributed by atoms with E-state index in [4.69, 9.17) is 0 Å². The smallest absolute Gasteiger partial charge is 0.251 e. The van der Waals surface area contributed by atoms with Crippen molar-refractivity contribution in [1.29, 1.82) is 0 Å². The van der Waals surface area contributed by atoms with Crippen LogP contribution in [0.4, 0.5) is 0 Å². The first kappa shape index (κ1) is 15.8. The first-order valence-electron chi connectivity index (χ1n) is 7.11. The Labute approximate surface area is 142 Å². The zero-order valence-electron chi connectivity index (χ0n) is 12.6. The minimum Gasteiger partial charge on any atom is -0.347 e. The summed E-state index contributed by atoms with van der Waals surface area (Å²) in [6.45, 7) is 2.63. The maximum Gasteiger partial charge on any atom is 0.251 e. The summed E-state index contributed by atoms with van der Waals surface area (Å²) < 4.78 is 0. The Morgan fingerprint density at radius 3 is 2.74 bits per heavy atom. The molecule has 0 aliphatic carbocycles. The van der Waals surface area contributed by atoms with Crippen LogP contribution in [0.1, 0.15) is 25.7 Å². The van der Waals surface area contributed by atoms with E-state index in [0.29, 0.717) is 12.1 Å². The molecule has 3 rings (SSSR count). The fourth-order valence-electron chi connectivity index (χ4n) is 2.02. The third kappa shape index (κ3) is 4.43. The van der Waals surface area contributed by atoms with Gasteiger partial charge in [0.05, 0.1) is 6.54 Å². The van der Waals surface area contributed by atoms with E-state index in [1.807, 2.05) is 30.3 Å². The van der Waals surface area contributed by atoms with Crippen LogP contribution in [-0.4, -0.2) is 21.1 Å². The molecule has 0 atom stereocenters. The van der Waals surface area contributed by atoms with E-state index in [1.54, 1.807) is 23.1 Å². The molecule has 0 aliphatic heterocycles. The SMILES string of the molecule is Cc1ccc(CNC(=O)c2ccc(CSc3ncn[nH]3)cc2)s1. The number of benzene rings is 1. The van der Waals surface area contributed by atoms with Crippen LogP contribution >= 0.6 is 23.1 Å². The highest BCUT2D eigenvalue weighted by Gasteiger charge is 2.06. The molecule has 2 N–H and O–H groups in total. The summed E-state index contributed by atoms with van der Waals surface area (Å²) in [5.74, 6) is 0.733. The number of aryl methyl sites for hydroxylation is 1. The highest BCUT2D eigenvalue weighted by Crippen LogP contribution is 2.19. The van der Waals surface area contributed by atoms with Gasteiger partial charge in [0.15, 0.2) is 5.16 Å². The van der Waals surface area contributed by atoms with Crippen LogP contribution in [0.25, 0.3) is 0 Å². The summed E-state index contributed by atoms with van der Waals surface area (Å²) >= 11 is 3.28. The highest BCUT2D eigenvalue weighted by atomic mass is 32.2. The van der Waals surface area contributed by atoms with Gasteiger partial charge in [0.1, 0.15) is 6.33 Å². The fraction of sp³-hybridized carbons (Fsp3) is 0.188. The normalized spacial score (nSPS) is 10.7. The van der Waals surface area contributed by atoms with E-state index < -0.39 is 0 Å². The van der Waals surface area contributed by atoms with Crippen molar-refractivity contribution in [1.82, 2.24) is 20.5 Å². The van der Waals surface area contributed by atoms with Crippen molar-refractivity contribution in [3.05, 3.63) is 63.6 Å². The van der Waals surface area contributed by atoms with Crippen LogP contribution in [0.15, 0.2) is 47.9 Å². The predicted octanol–water partition coefficient (Wildman–Crippen LogP) is 3.40. The van der Waals surface area contributed by atoms with Crippen LogP contribution in [0, 0.1) is 6.92 Å². The number of carbonyl (C=O) groups excluding carboxylic acids is 1. The second-order valence-electron chi connectivity index (χ2n) is 4.97. The van der Waals surface area contributed by atoms with Crippen molar-refractivity contribution in [2.45, 2.75) is 24.4 Å². The number of aromatic nitrogens is 3. The first-order chi connectivity index (χ1) is 11.2. The van der Waals surface area contributed by atoms with Gasteiger partial charge in [0, 0.05) is 21.1 Å². The minimum atomic E-state index is -0.0505. The number of amides is 1. The number of thioether (sulfide) groups is 1. The lowest BCUT2D eigenvalue weighted by atomic mass is 10.1. The monoisotopic (exact) mass is 344 g/mol. The maximum atomic E-state index is 12.1. The van der Waals surface area contributed by atoms with Crippen LogP contribution in [-0.2, 0) is 12.3 Å². The van der Waals surface area contributed by atoms with Crippen molar-refractivity contribution in [2.24, 2.45) is 0 Å². The molecule has 23 heavy (non-hydrogen) atoms. The van der Waals surface area contributed by atoms with Crippen LogP contribution in [0.3, 0.4) is 0 Å². The van der Waals surface area contributed by atoms with E-state index in [2.05, 4.69) is 33.5 Å². The number of hydrogen-bond acceptors (Lipinski definition) is 5. The van der Waals surface area contributed by atoms with Gasteiger partial charge in [-0.05, 0) is 36.8 Å². The number of hydrogen-bond donors (Lipinski definition) is 2. The fourth-order valence-corrected chi connectivity index (χ4v) is 3.58. The standard InChI is InChI=1S/C16H16N4OS2/c1-11-2-7-14(23-11)8-17-15(21)13-5-3-12(4-6-13)9-22-16-18-10-19-20-16/h2-7,10H,8-9H2,1H3,(H,17,21)(H,18,19,20). The van der Waals surface area contributed by atoms with E-state index in [1.165, 1.54) is 11.2 Å². The number of nitrogens with zero attached hydrogens (tertiary/aromatic N) is 2. The van der Waals surface area contributed by atoms with Crippen molar-refractivity contribution in [3.63, 3.8) is 0 Å². The molecule has 3 aromatic rings. The number of nitrogens with one attached hydrogen (secondary N) is 2. The van der Waals surface area contributed by atoms with E-state index in [-0.39, 0.29) is 5.91 Å². The molecule has 5 nitrogen and oxygen atoms in total. The lowest BCUT2D eigenvalue weighted by Crippen LogP contribution is -2.22. The summed E-state index contributed by atoms with van der Waals surface area (Å²) in [5, 5.41) is 10.4. The van der Waals surface area contributed by atoms with Gasteiger partial charge in [-0.15, -0.1) is 11.3 Å². The topological polar surface area (TPSA) is 70.7 Å². The number of aromatic amines is 1. The summed E-state index contributed by atoms with van der Waals surface area (Å²) in [4.78, 5) is 18.6. The van der Waals surface area contributed by atoms with Gasteiger partial charge in [-0.2, -0.15) is 5.10 Å². The molecule has 2 heterocycles. The molecule has 0 saturated carbocycles. The summed E-state index contributed by atoms with van der Waals surface area (Å²) in [6.07, 6.45) is 1.49. The van der Waals surface area contributed by atoms with E-state index in [9.17, 15) is 4.79 Å². The second-order valence-corrected chi connectivity index (χ2v) is 7.31. The van der Waals surface area contributed by atoms with E-state index in [0.717, 1.165) is 21.3 Å². The Morgan fingerprint density at radius 1 is 1.26 bits per heavy atom. The lowest BCUT2D eigenvalue weighted by Gasteiger charge is -2.05. The molecule has 0 bridgehead atoms. The Kier molecular flexibility index (Phi) is 5.09. The summed E-state index contributed by atoms with van der Waals surface area (Å²) in [7, 11) is 0. The number of carbonyl (C=O) groups is 1. The van der Waals surface area contributed by atoms with Gasteiger partial charge in [-0.25, -0.2) is 4.98 Å². The zero-order valence-corrected chi connectivity index (χ0v) is 14.2. The third-order valence-corrected chi connectivity index (χ3v) is 5.15. The molecular formula is C16H16N4OS2. The molecule has 2 aromatic heterocycles. The second kappa shape index (κ2) is 7.43. The molecule has 0 saturated heterocycles. The molecule has 0 spiro atoms. The van der Waals surface area contributed by atoms with Crippen molar-refractivity contribution in [3.8, 4) is 0 Å². The molecule has 1 aromatic carbocycles. The lowest BCUT2D eigenvalue weighted by molar-refractivity contribution is 0.0951. The third-order valence-electron chi connectivity index (χ3n) is 3.20. The molecular weight excluding hydrogens is 328 g/mol. The molecule has 0 aliphatic rings. The molecule has 118 valence electrons. The van der Waals surface area contributed by atoms with Gasteiger partial charge in [-0.3, -0.25) is 9.89 Å². The Balaban J connectivity index is 1.52. The Bertz CT molecular complexity index is 766. The average molecular weight is 344 g/mol. The summed E-state index contributed by atoms with van der Waals surface area (Å²) in [5.41, 5.74) is 1.81. The minimum absolute atomic E-state index is 0.0505. The van der Waals surface area contributed by atoms with Crippen molar-refractivity contribution >= 4 is 29.0 Å². The van der Waals surface area contributed by atoms with Crippen LogP contribution < -0.4 is 5.32 Å². The number of H-pyrrole nitrogens is 1. The van der Waals surface area contributed by atoms with Gasteiger partial charge >= 0.3 is 0 Å². The molecule has 0 unspecified atom stereocenters. The van der Waals surface area contributed by atoms with Crippen molar-refractivity contribution < 1.29 is 4.79 Å². The van der Waals surface area contributed by atoms with Crippen LogP contribution in [0.2, 0.25) is 0 Å². The summed E-state index contributed by atoms with van der Waals surface area (Å²) in [6, 6.07) is 11.7. The zero-order chi connectivity index (χ0) is 16.1. The number of rotatable bonds is 6. The van der Waals surface area contributed by atoms with Gasteiger partial charge in [0.25, 0.3) is 5.91 Å². The quantitative estimate of drug-likeness (QED) is 0.672. The Morgan fingerprint density at radius 2 is 2.09 bits per heavy atom. The number of thiophene rings is 1. The maximum absolute atomic E-state index is 12.1. The molecule has 1 amide bonds. The van der Waals surface area contributed by atoms with Crippen molar-refractivity contribution in [2.75, 3.05) is 0 Å².